The zero-order valence-corrected chi connectivity index (χ0v) is 39.2. The van der Waals surface area contributed by atoms with Gasteiger partial charge in [0, 0.05) is 86.7 Å². The van der Waals surface area contributed by atoms with Crippen molar-refractivity contribution in [3.63, 3.8) is 0 Å². The SMILES string of the molecule is COc1cc2c(cc1OC)CN(C(=O)/C=C/c1c(-c3ccccc3)n(C)c3ncccc13)CC2.COc1cc2c(cc1OC)CN(C(=O)/C=C/c1c(-c3ccccc3)n(C)c3ncccc13)CC2. The zero-order valence-electron chi connectivity index (χ0n) is 39.2. The smallest absolute Gasteiger partial charge is 0.246 e. The van der Waals surface area contributed by atoms with E-state index in [4.69, 9.17) is 18.9 Å². The van der Waals surface area contributed by atoms with E-state index < -0.39 is 0 Å². The molecule has 0 spiro atoms. The molecule has 0 atom stereocenters. The molecule has 4 aromatic carbocycles. The van der Waals surface area contributed by atoms with Crippen molar-refractivity contribution in [1.82, 2.24) is 28.9 Å². The Kier molecular flexibility index (Phi) is 13.1. The highest BCUT2D eigenvalue weighted by Gasteiger charge is 2.25. The fourth-order valence-corrected chi connectivity index (χ4v) is 9.47. The van der Waals surface area contributed by atoms with Crippen LogP contribution in [0, 0.1) is 0 Å². The Morgan fingerprint density at radius 3 is 1.24 bits per heavy atom. The lowest BCUT2D eigenvalue weighted by Gasteiger charge is -2.28. The fraction of sp³-hybridized carbons (Fsp3) is 0.214. The van der Waals surface area contributed by atoms with Gasteiger partial charge in [-0.25, -0.2) is 9.97 Å². The number of nitrogens with zero attached hydrogens (tertiary/aromatic N) is 6. The van der Waals surface area contributed by atoms with Crippen LogP contribution in [0.4, 0.5) is 0 Å². The maximum Gasteiger partial charge on any atom is 0.246 e. The van der Waals surface area contributed by atoms with Gasteiger partial charge in [-0.05, 0) is 107 Å². The molecule has 0 saturated carbocycles. The first-order valence-electron chi connectivity index (χ1n) is 22.6. The number of pyridine rings is 2. The van der Waals surface area contributed by atoms with Gasteiger partial charge in [-0.15, -0.1) is 0 Å². The van der Waals surface area contributed by atoms with Crippen molar-refractivity contribution in [1.29, 1.82) is 0 Å². The van der Waals surface area contributed by atoms with E-state index >= 15 is 0 Å². The van der Waals surface area contributed by atoms with Crippen molar-refractivity contribution < 1.29 is 28.5 Å². The van der Waals surface area contributed by atoms with E-state index in [1.807, 2.05) is 109 Å². The number of benzene rings is 4. The molecule has 0 aliphatic carbocycles. The molecule has 68 heavy (non-hydrogen) atoms. The third kappa shape index (κ3) is 8.80. The van der Waals surface area contributed by atoms with Crippen molar-refractivity contribution in [2.24, 2.45) is 14.1 Å². The number of methoxy groups -OCH3 is 4. The van der Waals surface area contributed by atoms with E-state index in [0.29, 0.717) is 37.7 Å². The Morgan fingerprint density at radius 2 is 0.868 bits per heavy atom. The highest BCUT2D eigenvalue weighted by atomic mass is 16.5. The molecule has 12 heteroatoms. The van der Waals surface area contributed by atoms with Crippen LogP contribution < -0.4 is 18.9 Å². The van der Waals surface area contributed by atoms with Gasteiger partial charge in [-0.3, -0.25) is 9.59 Å². The van der Waals surface area contributed by atoms with Crippen molar-refractivity contribution in [3.8, 4) is 45.5 Å². The summed E-state index contributed by atoms with van der Waals surface area (Å²) < 4.78 is 25.9. The van der Waals surface area contributed by atoms with Gasteiger partial charge in [-0.1, -0.05) is 60.7 Å². The number of amides is 2. The Hall–Kier alpha value is -8.12. The molecule has 10 rings (SSSR count). The Labute approximate surface area is 396 Å². The molecule has 12 nitrogen and oxygen atoms in total. The van der Waals surface area contributed by atoms with Crippen molar-refractivity contribution in [2.75, 3.05) is 41.5 Å². The largest absolute Gasteiger partial charge is 0.493 e. The number of carbonyl (C=O) groups excluding carboxylic acids is 2. The first-order valence-corrected chi connectivity index (χ1v) is 22.6. The zero-order chi connectivity index (χ0) is 47.3. The van der Waals surface area contributed by atoms with E-state index in [1.165, 1.54) is 11.1 Å². The van der Waals surface area contributed by atoms with E-state index in [0.717, 1.165) is 91.2 Å². The number of carbonyl (C=O) groups is 2. The van der Waals surface area contributed by atoms with Crippen LogP contribution in [0.25, 0.3) is 56.7 Å². The average Bonchev–Trinajstić information content (AvgIpc) is 3.85. The van der Waals surface area contributed by atoms with Gasteiger partial charge >= 0.3 is 0 Å². The summed E-state index contributed by atoms with van der Waals surface area (Å²) in [6.45, 7) is 2.41. The number of aryl methyl sites for hydroxylation is 2. The first-order chi connectivity index (χ1) is 33.2. The second-order valence-corrected chi connectivity index (χ2v) is 16.8. The average molecular weight is 907 g/mol. The molecule has 0 bridgehead atoms. The molecule has 0 saturated heterocycles. The van der Waals surface area contributed by atoms with E-state index in [2.05, 4.69) is 55.5 Å². The first kappa shape index (κ1) is 45.1. The number of rotatable bonds is 10. The topological polar surface area (TPSA) is 113 Å². The van der Waals surface area contributed by atoms with Gasteiger partial charge in [0.15, 0.2) is 23.0 Å². The molecule has 0 unspecified atom stereocenters. The van der Waals surface area contributed by atoms with Crippen LogP contribution in [0.2, 0.25) is 0 Å². The Morgan fingerprint density at radius 1 is 0.500 bits per heavy atom. The van der Waals surface area contributed by atoms with Crippen molar-refractivity contribution in [2.45, 2.75) is 25.9 Å². The lowest BCUT2D eigenvalue weighted by Crippen LogP contribution is -2.34. The van der Waals surface area contributed by atoms with Crippen LogP contribution in [0.5, 0.6) is 23.0 Å². The number of hydrogen-bond acceptors (Lipinski definition) is 8. The van der Waals surface area contributed by atoms with Gasteiger partial charge in [0.05, 0.1) is 39.8 Å². The molecule has 344 valence electrons. The van der Waals surface area contributed by atoms with Gasteiger partial charge < -0.3 is 37.9 Å². The number of ether oxygens (including phenoxy) is 4. The lowest BCUT2D eigenvalue weighted by molar-refractivity contribution is -0.127. The van der Waals surface area contributed by atoms with Crippen LogP contribution in [-0.2, 0) is 49.6 Å². The predicted molar refractivity (Wildman–Crippen MR) is 268 cm³/mol. The Bertz CT molecular complexity index is 2990. The molecule has 2 amide bonds. The fourth-order valence-electron chi connectivity index (χ4n) is 9.47. The van der Waals surface area contributed by atoms with Gasteiger partial charge in [0.1, 0.15) is 11.3 Å². The second kappa shape index (κ2) is 19.8. The normalized spacial score (nSPS) is 13.3. The third-order valence-corrected chi connectivity index (χ3v) is 12.9. The van der Waals surface area contributed by atoms with E-state index in [-0.39, 0.29) is 11.8 Å². The summed E-state index contributed by atoms with van der Waals surface area (Å²) in [7, 11) is 10.6. The van der Waals surface area contributed by atoms with Crippen molar-refractivity contribution >= 4 is 46.0 Å². The molecule has 4 aromatic heterocycles. The molecule has 8 aromatic rings. The molecule has 2 aliphatic rings. The maximum absolute atomic E-state index is 13.2. The predicted octanol–water partition coefficient (Wildman–Crippen LogP) is 9.71. The van der Waals surface area contributed by atoms with E-state index in [1.54, 1.807) is 53.0 Å². The second-order valence-electron chi connectivity index (χ2n) is 16.8. The summed E-state index contributed by atoms with van der Waals surface area (Å²) in [5, 5.41) is 2.04. The molecule has 6 heterocycles. The van der Waals surface area contributed by atoms with Gasteiger partial charge in [-0.2, -0.15) is 0 Å². The summed E-state index contributed by atoms with van der Waals surface area (Å²) in [5.41, 5.74) is 12.6. The highest BCUT2D eigenvalue weighted by Crippen LogP contribution is 2.37. The molecular formula is C56H54N6O6. The maximum atomic E-state index is 13.2. The van der Waals surface area contributed by atoms with Crippen LogP contribution in [0.3, 0.4) is 0 Å². The van der Waals surface area contributed by atoms with E-state index in [9.17, 15) is 9.59 Å². The summed E-state index contributed by atoms with van der Waals surface area (Å²) >= 11 is 0. The Balaban J connectivity index is 0.000000170. The third-order valence-electron chi connectivity index (χ3n) is 12.9. The molecule has 2 aliphatic heterocycles. The number of hydrogen-bond donors (Lipinski definition) is 0. The molecule has 0 N–H and O–H groups in total. The summed E-state index contributed by atoms with van der Waals surface area (Å²) in [5.74, 6) is 2.78. The van der Waals surface area contributed by atoms with Gasteiger partial charge in [0.25, 0.3) is 0 Å². The highest BCUT2D eigenvalue weighted by molar-refractivity contribution is 6.01. The quantitative estimate of drug-likeness (QED) is 0.125. The van der Waals surface area contributed by atoms with Crippen molar-refractivity contribution in [3.05, 3.63) is 167 Å². The molecular weight excluding hydrogens is 853 g/mol. The minimum Gasteiger partial charge on any atom is -0.493 e. The van der Waals surface area contributed by atoms with Crippen LogP contribution in [-0.4, -0.2) is 82.2 Å². The number of aromatic nitrogens is 4. The monoisotopic (exact) mass is 906 g/mol. The number of fused-ring (bicyclic) bond motifs is 4. The lowest BCUT2D eigenvalue weighted by atomic mass is 9.98. The summed E-state index contributed by atoms with van der Waals surface area (Å²) in [4.78, 5) is 39.3. The summed E-state index contributed by atoms with van der Waals surface area (Å²) in [6, 6.07) is 36.3. The minimum atomic E-state index is -0.0136. The molecule has 0 fully saturated rings. The van der Waals surface area contributed by atoms with Gasteiger partial charge in [0.2, 0.25) is 11.8 Å². The van der Waals surface area contributed by atoms with Crippen LogP contribution in [0.15, 0.2) is 134 Å². The summed E-state index contributed by atoms with van der Waals surface area (Å²) in [6.07, 6.45) is 12.4. The molecule has 0 radical (unpaired) electrons. The standard InChI is InChI=1S/2C28H27N3O3/c2*1-30-27(19-8-5-4-6-9-19)22(23-10-7-14-29-28(23)30)11-12-26(32)31-15-13-20-16-24(33-2)25(34-3)17-21(20)18-31/h2*4-12,14,16-17H,13,15,18H2,1-3H3/b2*12-11+. The van der Waals surface area contributed by atoms with Crippen LogP contribution in [0.1, 0.15) is 33.4 Å². The minimum absolute atomic E-state index is 0.0136. The van der Waals surface area contributed by atoms with Crippen LogP contribution >= 0.6 is 0 Å².